The lowest BCUT2D eigenvalue weighted by molar-refractivity contribution is 0.0361. The van der Waals surface area contributed by atoms with Gasteiger partial charge in [0, 0.05) is 32.8 Å². The number of carbonyl (C=O) groups excluding carboxylic acids is 1. The Morgan fingerprint density at radius 1 is 1.15 bits per heavy atom. The molecule has 4 heterocycles. The minimum absolute atomic E-state index is 0.105. The largest absolute Gasteiger partial charge is 0.379 e. The molecule has 1 aromatic heterocycles. The number of amides is 1. The number of ether oxygens (including phenoxy) is 2. The van der Waals surface area contributed by atoms with E-state index in [2.05, 4.69) is 9.88 Å². The summed E-state index contributed by atoms with van der Waals surface area (Å²) in [7, 11) is 0. The van der Waals surface area contributed by atoms with Gasteiger partial charge in [-0.3, -0.25) is 9.69 Å². The number of rotatable bonds is 6. The molecular weight excluding hydrogens is 362 g/mol. The SMILES string of the molecule is O=C(c1cnc([C@@H]2CCCO2)s1)N1CCC(CCCN2CCOCC2)CC1. The second kappa shape index (κ2) is 9.45. The molecule has 3 aliphatic heterocycles. The average Bonchev–Trinajstić information content (AvgIpc) is 3.41. The normalized spacial score (nSPS) is 25.2. The third-order valence-corrected chi connectivity index (χ3v) is 7.11. The van der Waals surface area contributed by atoms with Gasteiger partial charge in [-0.1, -0.05) is 0 Å². The van der Waals surface area contributed by atoms with E-state index in [1.807, 2.05) is 4.90 Å². The van der Waals surface area contributed by atoms with Gasteiger partial charge in [0.05, 0.1) is 19.4 Å². The lowest BCUT2D eigenvalue weighted by Crippen LogP contribution is -2.39. The van der Waals surface area contributed by atoms with Crippen molar-refractivity contribution in [2.75, 3.05) is 52.5 Å². The molecule has 1 atom stereocenters. The second-order valence-corrected chi connectivity index (χ2v) is 8.96. The van der Waals surface area contributed by atoms with Crippen molar-refractivity contribution < 1.29 is 14.3 Å². The zero-order chi connectivity index (χ0) is 18.5. The number of aromatic nitrogens is 1. The summed E-state index contributed by atoms with van der Waals surface area (Å²) < 4.78 is 11.1. The highest BCUT2D eigenvalue weighted by Gasteiger charge is 2.27. The van der Waals surface area contributed by atoms with Crippen molar-refractivity contribution in [2.45, 2.75) is 44.6 Å². The first-order valence-corrected chi connectivity index (χ1v) is 11.3. The molecule has 0 aromatic carbocycles. The van der Waals surface area contributed by atoms with Crippen LogP contribution in [0, 0.1) is 5.92 Å². The molecule has 0 saturated carbocycles. The minimum Gasteiger partial charge on any atom is -0.379 e. The van der Waals surface area contributed by atoms with Gasteiger partial charge in [0.2, 0.25) is 0 Å². The van der Waals surface area contributed by atoms with E-state index in [4.69, 9.17) is 9.47 Å². The highest BCUT2D eigenvalue weighted by Crippen LogP contribution is 2.32. The third-order valence-electron chi connectivity index (χ3n) is 6.03. The Hall–Kier alpha value is -1.02. The van der Waals surface area contributed by atoms with Crippen molar-refractivity contribution in [2.24, 2.45) is 5.92 Å². The number of thiazole rings is 1. The van der Waals surface area contributed by atoms with E-state index in [9.17, 15) is 4.79 Å². The molecule has 4 rings (SSSR count). The lowest BCUT2D eigenvalue weighted by atomic mass is 9.92. The summed E-state index contributed by atoms with van der Waals surface area (Å²) in [5, 5.41) is 0.967. The van der Waals surface area contributed by atoms with Crippen molar-refractivity contribution >= 4 is 17.2 Å². The highest BCUT2D eigenvalue weighted by atomic mass is 32.1. The fraction of sp³-hybridized carbons (Fsp3) is 0.800. The first-order valence-electron chi connectivity index (χ1n) is 10.5. The molecule has 0 N–H and O–H groups in total. The average molecular weight is 394 g/mol. The van der Waals surface area contributed by atoms with Crippen LogP contribution in [-0.4, -0.2) is 73.2 Å². The van der Waals surface area contributed by atoms with E-state index in [1.165, 1.54) is 30.7 Å². The van der Waals surface area contributed by atoms with Crippen molar-refractivity contribution in [3.05, 3.63) is 16.1 Å². The van der Waals surface area contributed by atoms with Gasteiger partial charge in [-0.05, 0) is 51.0 Å². The maximum atomic E-state index is 12.8. The third kappa shape index (κ3) is 5.08. The molecule has 0 unspecified atom stereocenters. The van der Waals surface area contributed by atoms with Crippen LogP contribution in [0.4, 0.5) is 0 Å². The summed E-state index contributed by atoms with van der Waals surface area (Å²) in [6, 6.07) is 0. The van der Waals surface area contributed by atoms with Crippen LogP contribution in [0.15, 0.2) is 6.20 Å². The number of morpholine rings is 1. The summed E-state index contributed by atoms with van der Waals surface area (Å²) in [6.07, 6.45) is 8.77. The topological polar surface area (TPSA) is 54.9 Å². The molecule has 7 heteroatoms. The number of likely N-dealkylation sites (tertiary alicyclic amines) is 1. The number of nitrogens with zero attached hydrogens (tertiary/aromatic N) is 3. The van der Waals surface area contributed by atoms with E-state index < -0.39 is 0 Å². The zero-order valence-corrected chi connectivity index (χ0v) is 16.9. The maximum absolute atomic E-state index is 12.8. The van der Waals surface area contributed by atoms with Gasteiger partial charge >= 0.3 is 0 Å². The fourth-order valence-electron chi connectivity index (χ4n) is 4.32. The molecule has 0 radical (unpaired) electrons. The van der Waals surface area contributed by atoms with Crippen LogP contribution in [0.1, 0.15) is 59.3 Å². The Bertz CT molecular complexity index is 603. The number of carbonyl (C=O) groups is 1. The van der Waals surface area contributed by atoms with Crippen LogP contribution in [0.5, 0.6) is 0 Å². The summed E-state index contributed by atoms with van der Waals surface area (Å²) in [5.41, 5.74) is 0. The molecule has 3 fully saturated rings. The smallest absolute Gasteiger partial charge is 0.265 e. The van der Waals surface area contributed by atoms with Crippen molar-refractivity contribution in [1.82, 2.24) is 14.8 Å². The molecule has 27 heavy (non-hydrogen) atoms. The molecule has 150 valence electrons. The van der Waals surface area contributed by atoms with Gasteiger partial charge in [0.1, 0.15) is 16.0 Å². The van der Waals surface area contributed by atoms with Crippen molar-refractivity contribution in [1.29, 1.82) is 0 Å². The van der Waals surface area contributed by atoms with Crippen molar-refractivity contribution in [3.63, 3.8) is 0 Å². The summed E-state index contributed by atoms with van der Waals surface area (Å²) in [6.45, 7) is 7.69. The van der Waals surface area contributed by atoms with Crippen LogP contribution in [0.3, 0.4) is 0 Å². The maximum Gasteiger partial charge on any atom is 0.265 e. The lowest BCUT2D eigenvalue weighted by Gasteiger charge is -2.32. The van der Waals surface area contributed by atoms with E-state index in [-0.39, 0.29) is 12.0 Å². The minimum atomic E-state index is 0.105. The fourth-order valence-corrected chi connectivity index (χ4v) is 5.29. The van der Waals surface area contributed by atoms with Gasteiger partial charge in [0.15, 0.2) is 0 Å². The summed E-state index contributed by atoms with van der Waals surface area (Å²) in [4.78, 5) is 22.5. The Labute approximate surface area is 165 Å². The molecule has 0 spiro atoms. The Morgan fingerprint density at radius 2 is 1.96 bits per heavy atom. The molecule has 0 bridgehead atoms. The molecule has 1 amide bonds. The number of piperidine rings is 1. The van der Waals surface area contributed by atoms with E-state index in [0.29, 0.717) is 0 Å². The monoisotopic (exact) mass is 393 g/mol. The molecule has 1 aromatic rings. The van der Waals surface area contributed by atoms with Crippen LogP contribution in [0.2, 0.25) is 0 Å². The zero-order valence-electron chi connectivity index (χ0n) is 16.1. The first-order chi connectivity index (χ1) is 13.3. The number of hydrogen-bond acceptors (Lipinski definition) is 6. The summed E-state index contributed by atoms with van der Waals surface area (Å²) in [5.74, 6) is 0.919. The Morgan fingerprint density at radius 3 is 2.70 bits per heavy atom. The first kappa shape index (κ1) is 19.3. The van der Waals surface area contributed by atoms with E-state index >= 15 is 0 Å². The molecule has 3 aliphatic rings. The van der Waals surface area contributed by atoms with Gasteiger partial charge < -0.3 is 14.4 Å². The van der Waals surface area contributed by atoms with Crippen LogP contribution >= 0.6 is 11.3 Å². The molecule has 0 aliphatic carbocycles. The highest BCUT2D eigenvalue weighted by molar-refractivity contribution is 7.13. The quantitative estimate of drug-likeness (QED) is 0.744. The standard InChI is InChI=1S/C20H31N3O3S/c24-20(18-15-21-19(27-18)17-4-2-12-26-17)23-8-5-16(6-9-23)3-1-7-22-10-13-25-14-11-22/h15-17H,1-14H2/t17-/m0/s1. The molecule has 3 saturated heterocycles. The number of hydrogen-bond donors (Lipinski definition) is 0. The van der Waals surface area contributed by atoms with Gasteiger partial charge in [-0.25, -0.2) is 4.98 Å². The van der Waals surface area contributed by atoms with Crippen molar-refractivity contribution in [3.8, 4) is 0 Å². The molecular formula is C20H31N3O3S. The van der Waals surface area contributed by atoms with Crippen LogP contribution in [-0.2, 0) is 9.47 Å². The van der Waals surface area contributed by atoms with Gasteiger partial charge in [-0.15, -0.1) is 11.3 Å². The van der Waals surface area contributed by atoms with Gasteiger partial charge in [0.25, 0.3) is 5.91 Å². The summed E-state index contributed by atoms with van der Waals surface area (Å²) >= 11 is 1.52. The second-order valence-electron chi connectivity index (χ2n) is 7.90. The Balaban J connectivity index is 1.19. The Kier molecular flexibility index (Phi) is 6.76. The van der Waals surface area contributed by atoms with E-state index in [0.717, 1.165) is 87.5 Å². The van der Waals surface area contributed by atoms with Crippen LogP contribution < -0.4 is 0 Å². The van der Waals surface area contributed by atoms with Crippen LogP contribution in [0.25, 0.3) is 0 Å². The molecule has 6 nitrogen and oxygen atoms in total. The predicted octanol–water partition coefficient (Wildman–Crippen LogP) is 2.96. The van der Waals surface area contributed by atoms with E-state index in [1.54, 1.807) is 6.20 Å². The predicted molar refractivity (Wildman–Crippen MR) is 105 cm³/mol. The van der Waals surface area contributed by atoms with Gasteiger partial charge in [-0.2, -0.15) is 0 Å².